The Hall–Kier alpha value is -2.70. The van der Waals surface area contributed by atoms with Gasteiger partial charge in [-0.15, -0.1) is 0 Å². The summed E-state index contributed by atoms with van der Waals surface area (Å²) in [4.78, 5) is 15.7. The Balaban J connectivity index is 2.07. The molecule has 0 aliphatic rings. The van der Waals surface area contributed by atoms with E-state index in [1.165, 1.54) is 0 Å². The molecular formula is C15H12F3N3O. The van der Waals surface area contributed by atoms with Crippen LogP contribution in [0.15, 0.2) is 53.9 Å². The summed E-state index contributed by atoms with van der Waals surface area (Å²) in [5.74, 6) is -0.586. The van der Waals surface area contributed by atoms with Gasteiger partial charge in [-0.3, -0.25) is 9.78 Å². The van der Waals surface area contributed by atoms with Crippen LogP contribution in [0, 0.1) is 0 Å². The molecule has 22 heavy (non-hydrogen) atoms. The molecule has 2 aromatic rings. The summed E-state index contributed by atoms with van der Waals surface area (Å²) in [6, 6.07) is 7.42. The average molecular weight is 307 g/mol. The highest BCUT2D eigenvalue weighted by Crippen LogP contribution is 2.29. The van der Waals surface area contributed by atoms with E-state index in [4.69, 9.17) is 0 Å². The standard InChI is InChI=1S/C15H12F3N3O/c1-10(12-3-2-8-19-9-12)20-21-14(22)11-4-6-13(7-5-11)15(16,17)18/h2-9H,1H3,(H,21,22). The molecule has 1 amide bonds. The Bertz CT molecular complexity index is 679. The number of pyridine rings is 1. The molecule has 1 aromatic carbocycles. The molecule has 0 fully saturated rings. The Morgan fingerprint density at radius 1 is 1.14 bits per heavy atom. The molecule has 0 spiro atoms. The highest BCUT2D eigenvalue weighted by molar-refractivity contribution is 6.00. The lowest BCUT2D eigenvalue weighted by Crippen LogP contribution is -2.19. The van der Waals surface area contributed by atoms with Gasteiger partial charge in [0.25, 0.3) is 5.91 Å². The number of carbonyl (C=O) groups excluding carboxylic acids is 1. The zero-order valence-electron chi connectivity index (χ0n) is 11.6. The van der Waals surface area contributed by atoms with Gasteiger partial charge in [0.2, 0.25) is 0 Å². The van der Waals surface area contributed by atoms with Gasteiger partial charge in [0.1, 0.15) is 0 Å². The van der Waals surface area contributed by atoms with E-state index in [1.54, 1.807) is 31.5 Å². The number of alkyl halides is 3. The molecular weight excluding hydrogens is 295 g/mol. The van der Waals surface area contributed by atoms with E-state index in [9.17, 15) is 18.0 Å². The summed E-state index contributed by atoms with van der Waals surface area (Å²) in [6.45, 7) is 1.68. The van der Waals surface area contributed by atoms with Gasteiger partial charge in [-0.05, 0) is 37.3 Å². The van der Waals surface area contributed by atoms with Gasteiger partial charge in [-0.25, -0.2) is 5.43 Å². The van der Waals surface area contributed by atoms with Crippen LogP contribution in [0.25, 0.3) is 0 Å². The molecule has 1 aromatic heterocycles. The minimum absolute atomic E-state index is 0.0933. The van der Waals surface area contributed by atoms with Gasteiger partial charge in [-0.1, -0.05) is 6.07 Å². The molecule has 0 aliphatic heterocycles. The molecule has 114 valence electrons. The number of halogens is 3. The van der Waals surface area contributed by atoms with E-state index < -0.39 is 17.6 Å². The maximum atomic E-state index is 12.4. The molecule has 1 heterocycles. The largest absolute Gasteiger partial charge is 0.416 e. The summed E-state index contributed by atoms with van der Waals surface area (Å²) in [6.07, 6.45) is -1.23. The number of amides is 1. The predicted molar refractivity (Wildman–Crippen MR) is 75.4 cm³/mol. The molecule has 0 radical (unpaired) electrons. The third-order valence-electron chi connectivity index (χ3n) is 2.88. The Morgan fingerprint density at radius 3 is 2.36 bits per heavy atom. The first-order valence-corrected chi connectivity index (χ1v) is 6.30. The number of hydrogen-bond donors (Lipinski definition) is 1. The Morgan fingerprint density at radius 2 is 1.82 bits per heavy atom. The second-order valence-electron chi connectivity index (χ2n) is 4.45. The van der Waals surface area contributed by atoms with Crippen LogP contribution < -0.4 is 5.43 Å². The van der Waals surface area contributed by atoms with Crippen LogP contribution in [0.4, 0.5) is 13.2 Å². The minimum atomic E-state index is -4.43. The number of benzene rings is 1. The number of hydrogen-bond acceptors (Lipinski definition) is 3. The molecule has 0 aliphatic carbocycles. The van der Waals surface area contributed by atoms with Crippen molar-refractivity contribution < 1.29 is 18.0 Å². The summed E-state index contributed by atoms with van der Waals surface area (Å²) in [5, 5.41) is 3.90. The summed E-state index contributed by atoms with van der Waals surface area (Å²) < 4.78 is 37.3. The number of nitrogens with zero attached hydrogens (tertiary/aromatic N) is 2. The van der Waals surface area contributed by atoms with Gasteiger partial charge < -0.3 is 0 Å². The topological polar surface area (TPSA) is 54.4 Å². The SMILES string of the molecule is CC(=NNC(=O)c1ccc(C(F)(F)F)cc1)c1cccnc1. The fraction of sp³-hybridized carbons (Fsp3) is 0.133. The molecule has 0 bridgehead atoms. The quantitative estimate of drug-likeness (QED) is 0.699. The van der Waals surface area contributed by atoms with Crippen molar-refractivity contribution in [3.05, 3.63) is 65.5 Å². The monoisotopic (exact) mass is 307 g/mol. The minimum Gasteiger partial charge on any atom is -0.267 e. The number of nitrogens with one attached hydrogen (secondary N) is 1. The highest BCUT2D eigenvalue weighted by atomic mass is 19.4. The van der Waals surface area contributed by atoms with Gasteiger partial charge in [0.05, 0.1) is 11.3 Å². The van der Waals surface area contributed by atoms with Crippen molar-refractivity contribution >= 4 is 11.6 Å². The van der Waals surface area contributed by atoms with Crippen LogP contribution in [0.2, 0.25) is 0 Å². The fourth-order valence-corrected chi connectivity index (χ4v) is 1.65. The molecule has 0 saturated carbocycles. The number of carbonyl (C=O) groups is 1. The molecule has 4 nitrogen and oxygen atoms in total. The second kappa shape index (κ2) is 6.38. The lowest BCUT2D eigenvalue weighted by molar-refractivity contribution is -0.137. The summed E-state index contributed by atoms with van der Waals surface area (Å²) in [5.41, 5.74) is 2.85. The maximum Gasteiger partial charge on any atom is 0.416 e. The van der Waals surface area contributed by atoms with Crippen molar-refractivity contribution in [1.29, 1.82) is 0 Å². The van der Waals surface area contributed by atoms with E-state index >= 15 is 0 Å². The van der Waals surface area contributed by atoms with Crippen molar-refractivity contribution in [3.8, 4) is 0 Å². The van der Waals surface area contributed by atoms with Crippen LogP contribution >= 0.6 is 0 Å². The summed E-state index contributed by atoms with van der Waals surface area (Å²) in [7, 11) is 0. The van der Waals surface area contributed by atoms with E-state index in [0.29, 0.717) is 5.71 Å². The van der Waals surface area contributed by atoms with E-state index in [0.717, 1.165) is 29.8 Å². The van der Waals surface area contributed by atoms with Gasteiger partial charge >= 0.3 is 6.18 Å². The van der Waals surface area contributed by atoms with E-state index in [1.807, 2.05) is 0 Å². The zero-order chi connectivity index (χ0) is 16.2. The zero-order valence-corrected chi connectivity index (χ0v) is 11.6. The third kappa shape index (κ3) is 3.91. The first-order valence-electron chi connectivity index (χ1n) is 6.30. The van der Waals surface area contributed by atoms with Crippen molar-refractivity contribution in [1.82, 2.24) is 10.4 Å². The van der Waals surface area contributed by atoms with Crippen LogP contribution in [0.5, 0.6) is 0 Å². The maximum absolute atomic E-state index is 12.4. The van der Waals surface area contributed by atoms with Crippen LogP contribution in [0.1, 0.15) is 28.4 Å². The second-order valence-corrected chi connectivity index (χ2v) is 4.45. The first kappa shape index (κ1) is 15.7. The summed E-state index contributed by atoms with van der Waals surface area (Å²) >= 11 is 0. The first-order chi connectivity index (χ1) is 10.4. The molecule has 7 heteroatoms. The van der Waals surface area contributed by atoms with Gasteiger partial charge in [0, 0.05) is 23.5 Å². The van der Waals surface area contributed by atoms with E-state index in [-0.39, 0.29) is 5.56 Å². The molecule has 2 rings (SSSR count). The normalized spacial score (nSPS) is 12.1. The molecule has 1 N–H and O–H groups in total. The Labute approximate surface area is 124 Å². The highest BCUT2D eigenvalue weighted by Gasteiger charge is 2.30. The number of aromatic nitrogens is 1. The third-order valence-corrected chi connectivity index (χ3v) is 2.88. The number of rotatable bonds is 3. The van der Waals surface area contributed by atoms with Crippen molar-refractivity contribution in [2.75, 3.05) is 0 Å². The van der Waals surface area contributed by atoms with Gasteiger partial charge in [-0.2, -0.15) is 18.3 Å². The smallest absolute Gasteiger partial charge is 0.267 e. The predicted octanol–water partition coefficient (Wildman–Crippen LogP) is 3.25. The van der Waals surface area contributed by atoms with Crippen molar-refractivity contribution in [3.63, 3.8) is 0 Å². The van der Waals surface area contributed by atoms with Crippen molar-refractivity contribution in [2.45, 2.75) is 13.1 Å². The molecule has 0 unspecified atom stereocenters. The Kier molecular flexibility index (Phi) is 4.55. The van der Waals surface area contributed by atoms with Crippen LogP contribution in [-0.4, -0.2) is 16.6 Å². The van der Waals surface area contributed by atoms with E-state index in [2.05, 4.69) is 15.5 Å². The lowest BCUT2D eigenvalue weighted by Gasteiger charge is -2.07. The average Bonchev–Trinajstić information content (AvgIpc) is 2.52. The van der Waals surface area contributed by atoms with Crippen LogP contribution in [0.3, 0.4) is 0 Å². The lowest BCUT2D eigenvalue weighted by atomic mass is 10.1. The molecule has 0 saturated heterocycles. The number of hydrazone groups is 1. The van der Waals surface area contributed by atoms with Gasteiger partial charge in [0.15, 0.2) is 0 Å². The van der Waals surface area contributed by atoms with Crippen LogP contribution in [-0.2, 0) is 6.18 Å². The fourth-order valence-electron chi connectivity index (χ4n) is 1.65. The molecule has 0 atom stereocenters. The van der Waals surface area contributed by atoms with Crippen molar-refractivity contribution in [2.24, 2.45) is 5.10 Å².